The van der Waals surface area contributed by atoms with E-state index >= 15 is 0 Å². The molecule has 0 atom stereocenters. The molecule has 0 aliphatic carbocycles. The van der Waals surface area contributed by atoms with Gasteiger partial charge in [0.2, 0.25) is 0 Å². The van der Waals surface area contributed by atoms with Gasteiger partial charge in [0, 0.05) is 12.1 Å². The molecule has 0 radical (unpaired) electrons. The molecule has 5 heteroatoms. The first-order valence-corrected chi connectivity index (χ1v) is 4.87. The van der Waals surface area contributed by atoms with Crippen LogP contribution in [0.4, 0.5) is 0 Å². The number of rotatable bonds is 5. The van der Waals surface area contributed by atoms with E-state index in [-0.39, 0.29) is 17.9 Å². The smallest absolute Gasteiger partial charge is 0.341 e. The van der Waals surface area contributed by atoms with E-state index in [1.807, 2.05) is 0 Å². The van der Waals surface area contributed by atoms with Crippen LogP contribution in [-0.2, 0) is 4.74 Å². The highest BCUT2D eigenvalue weighted by atomic mass is 16.5. The van der Waals surface area contributed by atoms with Crippen molar-refractivity contribution in [3.05, 3.63) is 30.4 Å². The largest absolute Gasteiger partial charge is 0.507 e. The Bertz CT molecular complexity index is 425. The Balaban J connectivity index is 3.16. The van der Waals surface area contributed by atoms with Crippen LogP contribution in [-0.4, -0.2) is 31.9 Å². The first-order valence-electron chi connectivity index (χ1n) is 4.87. The lowest BCUT2D eigenvalue weighted by molar-refractivity contribution is 0.0597. The van der Waals surface area contributed by atoms with Crippen LogP contribution in [0.2, 0.25) is 0 Å². The lowest BCUT2D eigenvalue weighted by Gasteiger charge is -2.11. The summed E-state index contributed by atoms with van der Waals surface area (Å²) in [5, 5.41) is 9.62. The second-order valence-electron chi connectivity index (χ2n) is 3.11. The molecule has 0 spiro atoms. The molecule has 0 aromatic heterocycles. The van der Waals surface area contributed by atoms with Gasteiger partial charge in [0.1, 0.15) is 17.9 Å². The van der Waals surface area contributed by atoms with Gasteiger partial charge >= 0.3 is 5.97 Å². The van der Waals surface area contributed by atoms with Gasteiger partial charge in [-0.3, -0.25) is 0 Å². The van der Waals surface area contributed by atoms with E-state index in [1.165, 1.54) is 26.4 Å². The third-order valence-electron chi connectivity index (χ3n) is 2.04. The van der Waals surface area contributed by atoms with Crippen molar-refractivity contribution in [2.45, 2.75) is 0 Å². The average molecular weight is 238 g/mol. The molecule has 1 aromatic carbocycles. The van der Waals surface area contributed by atoms with Crippen molar-refractivity contribution in [3.63, 3.8) is 0 Å². The predicted molar refractivity (Wildman–Crippen MR) is 61.7 cm³/mol. The zero-order valence-electron chi connectivity index (χ0n) is 9.73. The monoisotopic (exact) mass is 238 g/mol. The normalized spacial score (nSPS) is 9.53. The average Bonchev–Trinajstić information content (AvgIpc) is 2.35. The number of ether oxygens (including phenoxy) is 3. The van der Waals surface area contributed by atoms with Crippen molar-refractivity contribution in [2.24, 2.45) is 0 Å². The number of carbonyl (C=O) groups is 1. The maximum Gasteiger partial charge on any atom is 0.341 e. The predicted octanol–water partition coefficient (Wildman–Crippen LogP) is 1.75. The molecule has 5 nitrogen and oxygen atoms in total. The Labute approximate surface area is 99.2 Å². The zero-order valence-corrected chi connectivity index (χ0v) is 9.73. The summed E-state index contributed by atoms with van der Waals surface area (Å²) in [5.74, 6) is -0.198. The van der Waals surface area contributed by atoms with Crippen LogP contribution in [0.25, 0.3) is 0 Å². The van der Waals surface area contributed by atoms with Gasteiger partial charge in [-0.05, 0) is 0 Å². The third kappa shape index (κ3) is 2.90. The van der Waals surface area contributed by atoms with Gasteiger partial charge in [-0.1, -0.05) is 12.7 Å². The maximum atomic E-state index is 11.4. The van der Waals surface area contributed by atoms with Gasteiger partial charge in [0.25, 0.3) is 0 Å². The Hall–Kier alpha value is -2.17. The number of phenolic OH excluding ortho intramolecular Hbond substituents is 1. The molecule has 0 saturated heterocycles. The summed E-state index contributed by atoms with van der Waals surface area (Å²) in [6, 6.07) is 2.66. The number of benzene rings is 1. The van der Waals surface area contributed by atoms with Crippen LogP contribution in [0.5, 0.6) is 17.2 Å². The Kier molecular flexibility index (Phi) is 4.39. The number of phenols is 1. The minimum absolute atomic E-state index is 0.0207. The summed E-state index contributed by atoms with van der Waals surface area (Å²) < 4.78 is 14.9. The van der Waals surface area contributed by atoms with Crippen LogP contribution in [0, 0.1) is 0 Å². The van der Waals surface area contributed by atoms with Crippen molar-refractivity contribution >= 4 is 5.97 Å². The van der Waals surface area contributed by atoms with E-state index in [0.717, 1.165) is 0 Å². The van der Waals surface area contributed by atoms with Crippen LogP contribution in [0.15, 0.2) is 24.8 Å². The van der Waals surface area contributed by atoms with E-state index in [2.05, 4.69) is 11.3 Å². The van der Waals surface area contributed by atoms with Gasteiger partial charge < -0.3 is 19.3 Å². The second kappa shape index (κ2) is 5.79. The Morgan fingerprint density at radius 3 is 2.65 bits per heavy atom. The highest BCUT2D eigenvalue weighted by Gasteiger charge is 2.17. The summed E-state index contributed by atoms with van der Waals surface area (Å²) in [6.45, 7) is 3.78. The summed E-state index contributed by atoms with van der Waals surface area (Å²) in [6.07, 6.45) is 1.56. The van der Waals surface area contributed by atoms with Crippen molar-refractivity contribution in [1.82, 2.24) is 0 Å². The molecule has 0 bridgehead atoms. The first-order chi connectivity index (χ1) is 8.13. The molecule has 0 aliphatic rings. The minimum atomic E-state index is -0.645. The number of hydrogen-bond donors (Lipinski definition) is 1. The standard InChI is InChI=1S/C12H14O5/c1-4-5-17-11-6-8(12(14)16-3)9(13)7-10(11)15-2/h4,6-7,13H,1,5H2,2-3H3. The molecule has 0 fully saturated rings. The maximum absolute atomic E-state index is 11.4. The molecular weight excluding hydrogens is 224 g/mol. The van der Waals surface area contributed by atoms with Gasteiger partial charge in [-0.2, -0.15) is 0 Å². The lowest BCUT2D eigenvalue weighted by atomic mass is 10.1. The summed E-state index contributed by atoms with van der Waals surface area (Å²) in [4.78, 5) is 11.4. The fraction of sp³-hybridized carbons (Fsp3) is 0.250. The van der Waals surface area contributed by atoms with Crippen molar-refractivity contribution < 1.29 is 24.1 Å². The molecule has 1 N–H and O–H groups in total. The number of hydrogen-bond acceptors (Lipinski definition) is 5. The molecule has 0 heterocycles. The van der Waals surface area contributed by atoms with E-state index in [4.69, 9.17) is 9.47 Å². The molecule has 0 aliphatic heterocycles. The van der Waals surface area contributed by atoms with Crippen molar-refractivity contribution in [3.8, 4) is 17.2 Å². The third-order valence-corrected chi connectivity index (χ3v) is 2.04. The van der Waals surface area contributed by atoms with Crippen molar-refractivity contribution in [2.75, 3.05) is 20.8 Å². The van der Waals surface area contributed by atoms with E-state index < -0.39 is 5.97 Å². The number of methoxy groups -OCH3 is 2. The summed E-state index contributed by atoms with van der Waals surface area (Å²) in [7, 11) is 2.67. The lowest BCUT2D eigenvalue weighted by Crippen LogP contribution is -2.04. The van der Waals surface area contributed by atoms with E-state index in [9.17, 15) is 9.90 Å². The SMILES string of the molecule is C=CCOc1cc(C(=O)OC)c(O)cc1OC. The summed E-state index contributed by atoms with van der Waals surface area (Å²) in [5.41, 5.74) is 0.0207. The van der Waals surface area contributed by atoms with Crippen molar-refractivity contribution in [1.29, 1.82) is 0 Å². The number of aromatic hydroxyl groups is 1. The quantitative estimate of drug-likeness (QED) is 0.625. The van der Waals surface area contributed by atoms with Gasteiger partial charge in [0.05, 0.1) is 14.2 Å². The first kappa shape index (κ1) is 12.9. The molecule has 1 aromatic rings. The number of esters is 1. The minimum Gasteiger partial charge on any atom is -0.507 e. The highest BCUT2D eigenvalue weighted by Crippen LogP contribution is 2.34. The summed E-state index contributed by atoms with van der Waals surface area (Å²) >= 11 is 0. The molecule has 0 unspecified atom stereocenters. The van der Waals surface area contributed by atoms with Gasteiger partial charge in [0.15, 0.2) is 11.5 Å². The molecule has 0 amide bonds. The highest BCUT2D eigenvalue weighted by molar-refractivity contribution is 5.93. The van der Waals surface area contributed by atoms with E-state index in [0.29, 0.717) is 11.5 Å². The molecule has 0 saturated carbocycles. The van der Waals surface area contributed by atoms with Crippen LogP contribution in [0.1, 0.15) is 10.4 Å². The van der Waals surface area contributed by atoms with Crippen LogP contribution >= 0.6 is 0 Å². The Morgan fingerprint density at radius 2 is 2.12 bits per heavy atom. The fourth-order valence-corrected chi connectivity index (χ4v) is 1.24. The fourth-order valence-electron chi connectivity index (χ4n) is 1.24. The molecule has 17 heavy (non-hydrogen) atoms. The van der Waals surface area contributed by atoms with Crippen LogP contribution < -0.4 is 9.47 Å². The Morgan fingerprint density at radius 1 is 1.41 bits per heavy atom. The number of carbonyl (C=O) groups excluding carboxylic acids is 1. The molecule has 92 valence electrons. The molecular formula is C12H14O5. The van der Waals surface area contributed by atoms with E-state index in [1.54, 1.807) is 6.08 Å². The molecule has 1 rings (SSSR count). The van der Waals surface area contributed by atoms with Gasteiger partial charge in [-0.25, -0.2) is 4.79 Å². The van der Waals surface area contributed by atoms with Gasteiger partial charge in [-0.15, -0.1) is 0 Å². The van der Waals surface area contributed by atoms with Crippen LogP contribution in [0.3, 0.4) is 0 Å². The second-order valence-corrected chi connectivity index (χ2v) is 3.11. The topological polar surface area (TPSA) is 65.0 Å². The zero-order chi connectivity index (χ0) is 12.8.